The van der Waals surface area contributed by atoms with Crippen LogP contribution in [0, 0.1) is 0 Å². The summed E-state index contributed by atoms with van der Waals surface area (Å²) in [5.74, 6) is 0.727. The number of benzene rings is 2. The average molecular weight is 382 g/mol. The van der Waals surface area contributed by atoms with Gasteiger partial charge in [0.1, 0.15) is 11.8 Å². The maximum Gasteiger partial charge on any atom is 0.265 e. The van der Waals surface area contributed by atoms with Gasteiger partial charge in [0.25, 0.3) is 5.91 Å². The Kier molecular flexibility index (Phi) is 4.38. The lowest BCUT2D eigenvalue weighted by atomic mass is 10.1. The lowest BCUT2D eigenvalue weighted by molar-refractivity contribution is -0.125. The van der Waals surface area contributed by atoms with Crippen LogP contribution < -0.4 is 24.4 Å². The second kappa shape index (κ2) is 6.88. The van der Waals surface area contributed by atoms with Crippen LogP contribution in [0.3, 0.4) is 0 Å². The van der Waals surface area contributed by atoms with Crippen molar-refractivity contribution in [2.45, 2.75) is 19.9 Å². The Morgan fingerprint density at radius 3 is 2.57 bits per heavy atom. The number of ether oxygens (including phenoxy) is 3. The normalized spacial score (nSPS) is 15.5. The van der Waals surface area contributed by atoms with E-state index in [4.69, 9.17) is 14.2 Å². The van der Waals surface area contributed by atoms with E-state index in [0.29, 0.717) is 34.2 Å². The van der Waals surface area contributed by atoms with Crippen LogP contribution in [-0.4, -0.2) is 37.0 Å². The summed E-state index contributed by atoms with van der Waals surface area (Å²) in [6.07, 6.45) is 0. The number of ketones is 1. The van der Waals surface area contributed by atoms with Gasteiger partial charge in [-0.15, -0.1) is 0 Å². The van der Waals surface area contributed by atoms with Gasteiger partial charge in [-0.25, -0.2) is 0 Å². The molecule has 0 aliphatic carbocycles. The van der Waals surface area contributed by atoms with Gasteiger partial charge in [-0.2, -0.15) is 0 Å². The van der Waals surface area contributed by atoms with E-state index in [2.05, 4.69) is 5.32 Å². The molecule has 0 fully saturated rings. The number of carbonyl (C=O) groups excluding carboxylic acids is 3. The summed E-state index contributed by atoms with van der Waals surface area (Å²) in [4.78, 5) is 38.4. The first kappa shape index (κ1) is 17.8. The molecule has 8 nitrogen and oxygen atoms in total. The molecule has 2 aromatic carbocycles. The third-order valence-corrected chi connectivity index (χ3v) is 4.65. The van der Waals surface area contributed by atoms with E-state index >= 15 is 0 Å². The van der Waals surface area contributed by atoms with Crippen molar-refractivity contribution in [1.82, 2.24) is 0 Å². The quantitative estimate of drug-likeness (QED) is 0.816. The molecule has 1 unspecified atom stereocenters. The van der Waals surface area contributed by atoms with Gasteiger partial charge in [-0.1, -0.05) is 0 Å². The predicted octanol–water partition coefficient (Wildman–Crippen LogP) is 2.37. The Balaban J connectivity index is 1.59. The molecule has 1 N–H and O–H groups in total. The Bertz CT molecular complexity index is 987. The summed E-state index contributed by atoms with van der Waals surface area (Å²) in [7, 11) is 0. The minimum atomic E-state index is -0.817. The summed E-state index contributed by atoms with van der Waals surface area (Å²) < 4.78 is 16.0. The van der Waals surface area contributed by atoms with Crippen molar-refractivity contribution in [2.75, 3.05) is 23.6 Å². The van der Waals surface area contributed by atoms with E-state index in [9.17, 15) is 14.4 Å². The fraction of sp³-hybridized carbons (Fsp3) is 0.250. The zero-order valence-electron chi connectivity index (χ0n) is 15.4. The Labute approximate surface area is 161 Å². The van der Waals surface area contributed by atoms with E-state index in [1.54, 1.807) is 43.3 Å². The topological polar surface area (TPSA) is 94.2 Å². The summed E-state index contributed by atoms with van der Waals surface area (Å²) in [5.41, 5.74) is 1.36. The number of fused-ring (bicyclic) bond motifs is 2. The highest BCUT2D eigenvalue weighted by Gasteiger charge is 2.33. The van der Waals surface area contributed by atoms with Crippen molar-refractivity contribution in [3.8, 4) is 17.2 Å². The van der Waals surface area contributed by atoms with Gasteiger partial charge in [0, 0.05) is 17.3 Å². The van der Waals surface area contributed by atoms with Crippen LogP contribution in [-0.2, 0) is 9.59 Å². The van der Waals surface area contributed by atoms with Gasteiger partial charge >= 0.3 is 0 Å². The molecule has 0 saturated carbocycles. The molecule has 0 aromatic heterocycles. The van der Waals surface area contributed by atoms with Gasteiger partial charge in [0.2, 0.25) is 12.7 Å². The number of anilines is 2. The van der Waals surface area contributed by atoms with Crippen LogP contribution >= 0.6 is 0 Å². The first-order chi connectivity index (χ1) is 13.4. The third-order valence-electron chi connectivity index (χ3n) is 4.65. The minimum absolute atomic E-state index is 0.140. The zero-order valence-corrected chi connectivity index (χ0v) is 15.4. The van der Waals surface area contributed by atoms with E-state index in [1.165, 1.54) is 11.8 Å². The average Bonchev–Trinajstić information content (AvgIpc) is 3.14. The number of nitrogens with zero attached hydrogens (tertiary/aromatic N) is 1. The molecule has 2 heterocycles. The molecule has 4 rings (SSSR count). The number of rotatable bonds is 4. The van der Waals surface area contributed by atoms with Crippen LogP contribution in [0.25, 0.3) is 0 Å². The van der Waals surface area contributed by atoms with Gasteiger partial charge in [0.15, 0.2) is 23.9 Å². The molecule has 2 amide bonds. The fourth-order valence-corrected chi connectivity index (χ4v) is 3.15. The molecule has 28 heavy (non-hydrogen) atoms. The molecule has 0 bridgehead atoms. The molecule has 144 valence electrons. The maximum absolute atomic E-state index is 12.8. The number of hydrogen-bond acceptors (Lipinski definition) is 6. The van der Waals surface area contributed by atoms with Gasteiger partial charge in [-0.3, -0.25) is 19.3 Å². The van der Waals surface area contributed by atoms with E-state index in [1.807, 2.05) is 0 Å². The second-order valence-corrected chi connectivity index (χ2v) is 6.52. The molecule has 2 aliphatic heterocycles. The largest absolute Gasteiger partial charge is 0.482 e. The molecule has 8 heteroatoms. The van der Waals surface area contributed by atoms with Crippen molar-refractivity contribution in [1.29, 1.82) is 0 Å². The highest BCUT2D eigenvalue weighted by molar-refractivity contribution is 6.08. The minimum Gasteiger partial charge on any atom is -0.482 e. The summed E-state index contributed by atoms with van der Waals surface area (Å²) in [6, 6.07) is 9.08. The fourth-order valence-electron chi connectivity index (χ4n) is 3.15. The van der Waals surface area contributed by atoms with Crippen molar-refractivity contribution < 1.29 is 28.6 Å². The molecule has 0 saturated heterocycles. The highest BCUT2D eigenvalue weighted by Crippen LogP contribution is 2.36. The molecule has 0 radical (unpaired) electrons. The number of amides is 2. The SMILES string of the molecule is CC(=O)c1ccc2c(c1)N(C(C)C(=O)Nc1ccc3c(c1)OCO3)C(=O)CO2. The molecular formula is C20H18N2O6. The Morgan fingerprint density at radius 2 is 1.79 bits per heavy atom. The number of nitrogens with one attached hydrogen (secondary N) is 1. The van der Waals surface area contributed by atoms with Crippen LogP contribution in [0.4, 0.5) is 11.4 Å². The third kappa shape index (κ3) is 3.13. The number of hydrogen-bond donors (Lipinski definition) is 1. The molecular weight excluding hydrogens is 364 g/mol. The molecule has 0 spiro atoms. The summed E-state index contributed by atoms with van der Waals surface area (Å²) >= 11 is 0. The Hall–Kier alpha value is -3.55. The monoisotopic (exact) mass is 382 g/mol. The second-order valence-electron chi connectivity index (χ2n) is 6.52. The standard InChI is InChI=1S/C20H18N2O6/c1-11(20(25)21-14-4-6-17-18(8-14)28-10-27-17)22-15-7-13(12(2)23)3-5-16(15)26-9-19(22)24/h3-8,11H,9-10H2,1-2H3,(H,21,25). The molecule has 2 aliphatic rings. The van der Waals surface area contributed by atoms with Crippen LogP contribution in [0.15, 0.2) is 36.4 Å². The van der Waals surface area contributed by atoms with Crippen molar-refractivity contribution in [3.05, 3.63) is 42.0 Å². The van der Waals surface area contributed by atoms with E-state index in [0.717, 1.165) is 0 Å². The van der Waals surface area contributed by atoms with Crippen molar-refractivity contribution in [3.63, 3.8) is 0 Å². The Morgan fingerprint density at radius 1 is 1.04 bits per heavy atom. The first-order valence-corrected chi connectivity index (χ1v) is 8.74. The van der Waals surface area contributed by atoms with Gasteiger partial charge in [0.05, 0.1) is 5.69 Å². The first-order valence-electron chi connectivity index (χ1n) is 8.74. The van der Waals surface area contributed by atoms with Crippen LogP contribution in [0.5, 0.6) is 17.2 Å². The number of carbonyl (C=O) groups is 3. The predicted molar refractivity (Wildman–Crippen MR) is 100 cm³/mol. The molecule has 2 aromatic rings. The van der Waals surface area contributed by atoms with Crippen molar-refractivity contribution >= 4 is 29.0 Å². The zero-order chi connectivity index (χ0) is 19.8. The summed E-state index contributed by atoms with van der Waals surface area (Å²) in [5, 5.41) is 2.78. The van der Waals surface area contributed by atoms with Crippen LogP contribution in [0.1, 0.15) is 24.2 Å². The van der Waals surface area contributed by atoms with E-state index < -0.39 is 6.04 Å². The lowest BCUT2D eigenvalue weighted by Gasteiger charge is -2.33. The smallest absolute Gasteiger partial charge is 0.265 e. The van der Waals surface area contributed by atoms with Gasteiger partial charge in [-0.05, 0) is 44.2 Å². The highest BCUT2D eigenvalue weighted by atomic mass is 16.7. The lowest BCUT2D eigenvalue weighted by Crippen LogP contribution is -2.49. The number of Topliss-reactive ketones (excluding diaryl/α,β-unsaturated/α-hetero) is 1. The summed E-state index contributed by atoms with van der Waals surface area (Å²) in [6.45, 7) is 3.03. The van der Waals surface area contributed by atoms with Crippen LogP contribution in [0.2, 0.25) is 0 Å². The molecule has 1 atom stereocenters. The van der Waals surface area contributed by atoms with Crippen molar-refractivity contribution in [2.24, 2.45) is 0 Å². The van der Waals surface area contributed by atoms with Gasteiger partial charge < -0.3 is 19.5 Å². The maximum atomic E-state index is 12.8. The van der Waals surface area contributed by atoms with E-state index in [-0.39, 0.29) is 31.0 Å².